The molecular weight excluding hydrogens is 392 g/mol. The fourth-order valence-electron chi connectivity index (χ4n) is 3.07. The van der Waals surface area contributed by atoms with Gasteiger partial charge in [-0.2, -0.15) is 0 Å². The van der Waals surface area contributed by atoms with Gasteiger partial charge in [-0.1, -0.05) is 18.6 Å². The van der Waals surface area contributed by atoms with Gasteiger partial charge in [-0.25, -0.2) is 13.2 Å². The molecule has 1 aliphatic carbocycles. The molecule has 0 aliphatic heterocycles. The molecule has 1 aromatic carbocycles. The predicted octanol–water partition coefficient (Wildman–Crippen LogP) is 2.15. The summed E-state index contributed by atoms with van der Waals surface area (Å²) in [6.07, 6.45) is 6.36. The molecule has 0 amide bonds. The molecule has 0 bridgehead atoms. The molecular formula is C21H28N2O5S. The molecule has 0 saturated heterocycles. The number of rotatable bonds is 12. The summed E-state index contributed by atoms with van der Waals surface area (Å²) >= 11 is 0. The van der Waals surface area contributed by atoms with E-state index in [1.54, 1.807) is 0 Å². The van der Waals surface area contributed by atoms with Gasteiger partial charge in [0.05, 0.1) is 18.1 Å². The Hall–Kier alpha value is -2.35. The highest BCUT2D eigenvalue weighted by Crippen LogP contribution is 2.29. The first-order valence-electron chi connectivity index (χ1n) is 10.1. The van der Waals surface area contributed by atoms with E-state index in [0.29, 0.717) is 38.1 Å². The smallest absolute Gasteiger partial charge is 0.328 e. The van der Waals surface area contributed by atoms with Gasteiger partial charge in [-0.3, -0.25) is 9.78 Å². The van der Waals surface area contributed by atoms with Crippen LogP contribution in [-0.4, -0.2) is 36.1 Å². The molecule has 1 N–H and O–H groups in total. The van der Waals surface area contributed by atoms with Crippen LogP contribution in [0, 0.1) is 5.92 Å². The summed E-state index contributed by atoms with van der Waals surface area (Å²) in [6.45, 7) is 1.20. The average Bonchev–Trinajstić information content (AvgIpc) is 3.51. The lowest BCUT2D eigenvalue weighted by Gasteiger charge is -2.08. The standard InChI is InChI=1S/C21H28N2O5S/c24-20-9-12-23(21(25)22-20)11-2-1-3-13-29(26,27)14-10-17-5-4-6-19(15-17)28-16-18-7-8-18/h4-6,9,12,15,18H,1-3,7-8,10-11,13-14,16H2,(H,22,24,25). The molecule has 1 fully saturated rings. The van der Waals surface area contributed by atoms with Crippen molar-refractivity contribution >= 4 is 9.84 Å². The minimum absolute atomic E-state index is 0.123. The number of ether oxygens (including phenoxy) is 1. The summed E-state index contributed by atoms with van der Waals surface area (Å²) < 4.78 is 31.8. The fraction of sp³-hybridized carbons (Fsp3) is 0.524. The van der Waals surface area contributed by atoms with Crippen molar-refractivity contribution in [2.24, 2.45) is 5.92 Å². The van der Waals surface area contributed by atoms with Crippen LogP contribution >= 0.6 is 0 Å². The van der Waals surface area contributed by atoms with Crippen molar-refractivity contribution in [3.63, 3.8) is 0 Å². The van der Waals surface area contributed by atoms with Gasteiger partial charge in [-0.15, -0.1) is 0 Å². The van der Waals surface area contributed by atoms with Crippen LogP contribution < -0.4 is 16.0 Å². The van der Waals surface area contributed by atoms with Gasteiger partial charge < -0.3 is 9.30 Å². The summed E-state index contributed by atoms with van der Waals surface area (Å²) in [5.74, 6) is 1.76. The van der Waals surface area contributed by atoms with Gasteiger partial charge >= 0.3 is 5.69 Å². The van der Waals surface area contributed by atoms with Gasteiger partial charge in [0.1, 0.15) is 5.75 Å². The summed E-state index contributed by atoms with van der Waals surface area (Å²) in [5, 5.41) is 0. The number of nitrogens with one attached hydrogen (secondary N) is 1. The number of hydrogen-bond donors (Lipinski definition) is 1. The highest BCUT2D eigenvalue weighted by atomic mass is 32.2. The molecule has 8 heteroatoms. The Kier molecular flexibility index (Phi) is 7.30. The third-order valence-corrected chi connectivity index (χ3v) is 6.77. The molecule has 158 valence electrons. The Bertz CT molecular complexity index is 1020. The number of aryl methyl sites for hydroxylation is 2. The van der Waals surface area contributed by atoms with Crippen LogP contribution in [0.5, 0.6) is 5.75 Å². The normalized spacial score (nSPS) is 14.1. The quantitative estimate of drug-likeness (QED) is 0.531. The molecule has 3 rings (SSSR count). The first kappa shape index (κ1) is 21.4. The molecule has 1 saturated carbocycles. The predicted molar refractivity (Wildman–Crippen MR) is 112 cm³/mol. The number of unbranched alkanes of at least 4 members (excludes halogenated alkanes) is 2. The monoisotopic (exact) mass is 420 g/mol. The Morgan fingerprint density at radius 1 is 1.07 bits per heavy atom. The molecule has 0 radical (unpaired) electrons. The van der Waals surface area contributed by atoms with Crippen molar-refractivity contribution in [1.29, 1.82) is 0 Å². The average molecular weight is 421 g/mol. The maximum Gasteiger partial charge on any atom is 0.328 e. The van der Waals surface area contributed by atoms with Crippen LogP contribution in [0.3, 0.4) is 0 Å². The molecule has 1 aliphatic rings. The molecule has 0 unspecified atom stereocenters. The minimum Gasteiger partial charge on any atom is -0.493 e. The highest BCUT2D eigenvalue weighted by Gasteiger charge is 2.21. The Labute approximate surface area is 170 Å². The van der Waals surface area contributed by atoms with E-state index in [4.69, 9.17) is 4.74 Å². The van der Waals surface area contributed by atoms with E-state index in [2.05, 4.69) is 4.98 Å². The van der Waals surface area contributed by atoms with E-state index in [1.165, 1.54) is 29.7 Å². The summed E-state index contributed by atoms with van der Waals surface area (Å²) in [6, 6.07) is 8.98. The Morgan fingerprint density at radius 3 is 2.66 bits per heavy atom. The maximum atomic E-state index is 12.3. The summed E-state index contributed by atoms with van der Waals surface area (Å²) in [4.78, 5) is 24.8. The second kappa shape index (κ2) is 9.91. The molecule has 1 aromatic heterocycles. The Balaban J connectivity index is 1.36. The molecule has 29 heavy (non-hydrogen) atoms. The fourth-order valence-corrected chi connectivity index (χ4v) is 4.46. The van der Waals surface area contributed by atoms with E-state index >= 15 is 0 Å². The van der Waals surface area contributed by atoms with Crippen molar-refractivity contribution in [3.8, 4) is 5.75 Å². The summed E-state index contributed by atoms with van der Waals surface area (Å²) in [5.41, 5.74) is 0.116. The number of hydrogen-bond acceptors (Lipinski definition) is 5. The zero-order valence-electron chi connectivity index (χ0n) is 16.5. The van der Waals surface area contributed by atoms with Gasteiger partial charge in [0.25, 0.3) is 5.56 Å². The van der Waals surface area contributed by atoms with Crippen LogP contribution in [0.15, 0.2) is 46.1 Å². The zero-order valence-corrected chi connectivity index (χ0v) is 17.3. The first-order chi connectivity index (χ1) is 13.9. The van der Waals surface area contributed by atoms with Crippen LogP contribution in [0.4, 0.5) is 0 Å². The van der Waals surface area contributed by atoms with Gasteiger partial charge in [0.15, 0.2) is 9.84 Å². The number of aromatic amines is 1. The number of benzene rings is 1. The van der Waals surface area contributed by atoms with E-state index in [0.717, 1.165) is 17.9 Å². The van der Waals surface area contributed by atoms with Gasteiger partial charge in [-0.05, 0) is 55.7 Å². The first-order valence-corrected chi connectivity index (χ1v) is 12.0. The second-order valence-corrected chi connectivity index (χ2v) is 9.97. The van der Waals surface area contributed by atoms with E-state index in [-0.39, 0.29) is 11.5 Å². The van der Waals surface area contributed by atoms with Crippen LogP contribution in [0.1, 0.15) is 37.7 Å². The van der Waals surface area contributed by atoms with Gasteiger partial charge in [0, 0.05) is 18.8 Å². The van der Waals surface area contributed by atoms with Crippen molar-refractivity contribution < 1.29 is 13.2 Å². The van der Waals surface area contributed by atoms with Crippen molar-refractivity contribution in [1.82, 2.24) is 9.55 Å². The molecule has 0 spiro atoms. The van der Waals surface area contributed by atoms with Crippen molar-refractivity contribution in [2.45, 2.75) is 45.1 Å². The lowest BCUT2D eigenvalue weighted by atomic mass is 10.2. The van der Waals surface area contributed by atoms with E-state index in [9.17, 15) is 18.0 Å². The van der Waals surface area contributed by atoms with Crippen LogP contribution in [-0.2, 0) is 22.8 Å². The topological polar surface area (TPSA) is 98.2 Å². The number of nitrogens with zero attached hydrogens (tertiary/aromatic N) is 1. The SMILES string of the molecule is O=c1ccn(CCCCCS(=O)(=O)CCc2cccc(OCC3CC3)c2)c(=O)[nH]1. The van der Waals surface area contributed by atoms with Crippen LogP contribution in [0.25, 0.3) is 0 Å². The minimum atomic E-state index is -3.12. The number of sulfone groups is 1. The number of aromatic nitrogens is 2. The molecule has 7 nitrogen and oxygen atoms in total. The van der Waals surface area contributed by atoms with E-state index in [1.807, 2.05) is 24.3 Å². The molecule has 2 aromatic rings. The lowest BCUT2D eigenvalue weighted by molar-refractivity contribution is 0.299. The zero-order chi connectivity index (χ0) is 20.7. The number of H-pyrrole nitrogens is 1. The van der Waals surface area contributed by atoms with Crippen molar-refractivity contribution in [3.05, 3.63) is 62.9 Å². The molecule has 1 heterocycles. The lowest BCUT2D eigenvalue weighted by Crippen LogP contribution is -2.28. The second-order valence-electron chi connectivity index (χ2n) is 7.67. The molecule has 0 atom stereocenters. The van der Waals surface area contributed by atoms with Crippen LogP contribution in [0.2, 0.25) is 0 Å². The van der Waals surface area contributed by atoms with E-state index < -0.39 is 21.1 Å². The Morgan fingerprint density at radius 2 is 1.90 bits per heavy atom. The summed E-state index contributed by atoms with van der Waals surface area (Å²) in [7, 11) is -3.12. The van der Waals surface area contributed by atoms with Gasteiger partial charge in [0.2, 0.25) is 0 Å². The van der Waals surface area contributed by atoms with Crippen molar-refractivity contribution in [2.75, 3.05) is 18.1 Å². The highest BCUT2D eigenvalue weighted by molar-refractivity contribution is 7.91. The third kappa shape index (κ3) is 7.53. The third-order valence-electron chi connectivity index (χ3n) is 5.03. The largest absolute Gasteiger partial charge is 0.493 e. The maximum absolute atomic E-state index is 12.3.